The van der Waals surface area contributed by atoms with Gasteiger partial charge in [-0.25, -0.2) is 0 Å². The third kappa shape index (κ3) is 6.71. The highest BCUT2D eigenvalue weighted by Gasteiger charge is 2.52. The molecule has 2 saturated heterocycles. The Morgan fingerprint density at radius 2 is 1.86 bits per heavy atom. The summed E-state index contributed by atoms with van der Waals surface area (Å²) >= 11 is 0. The van der Waals surface area contributed by atoms with Gasteiger partial charge < -0.3 is 11.1 Å². The zero-order valence-corrected chi connectivity index (χ0v) is 15.7. The maximum absolute atomic E-state index is 13.1. The van der Waals surface area contributed by atoms with Crippen molar-refractivity contribution in [1.29, 1.82) is 0 Å². The van der Waals surface area contributed by atoms with Crippen LogP contribution in [0.4, 0.5) is 26.3 Å². The smallest absolute Gasteiger partial charge is 0.368 e. The van der Waals surface area contributed by atoms with Gasteiger partial charge in [0.15, 0.2) is 5.78 Å². The van der Waals surface area contributed by atoms with Crippen molar-refractivity contribution in [3.8, 4) is 0 Å². The first-order valence-electron chi connectivity index (χ1n) is 8.42. The van der Waals surface area contributed by atoms with Gasteiger partial charge in [-0.1, -0.05) is 0 Å². The quantitative estimate of drug-likeness (QED) is 0.561. The second-order valence-corrected chi connectivity index (χ2v) is 6.82. The number of hydrogen-bond acceptors (Lipinski definition) is 5. The molecule has 2 fully saturated rings. The van der Waals surface area contributed by atoms with Crippen LogP contribution in [0.3, 0.4) is 0 Å². The molecule has 14 heteroatoms. The second kappa shape index (κ2) is 9.47. The number of nitrogens with one attached hydrogen (secondary N) is 1. The standard InChI is InChI=1S/C15H19F6N3O4.ClH/c16-14(17,18)8-4-10(12(22)26)24(5-8)9(3-7-1-2-23-13(7)27)11(25)6-28-15(19,20)21;/h7-10H,1-6H2,(H2,22,26)(H,23,27);1H/t7-,8?,9-,10?;/m0./s1. The predicted molar refractivity (Wildman–Crippen MR) is 87.6 cm³/mol. The lowest BCUT2D eigenvalue weighted by atomic mass is 9.94. The maximum atomic E-state index is 13.1. The van der Waals surface area contributed by atoms with Crippen molar-refractivity contribution in [2.45, 2.75) is 43.9 Å². The minimum absolute atomic E-state index is 0. The minimum atomic E-state index is -5.12. The Morgan fingerprint density at radius 1 is 1.24 bits per heavy atom. The number of ketones is 1. The van der Waals surface area contributed by atoms with E-state index in [0.717, 1.165) is 4.90 Å². The molecule has 2 aliphatic rings. The molecule has 2 aliphatic heterocycles. The summed E-state index contributed by atoms with van der Waals surface area (Å²) in [6, 6.07) is -3.03. The van der Waals surface area contributed by atoms with Crippen molar-refractivity contribution in [2.75, 3.05) is 19.7 Å². The molecule has 0 spiro atoms. The summed E-state index contributed by atoms with van der Waals surface area (Å²) in [4.78, 5) is 36.6. The Labute approximate surface area is 167 Å². The highest BCUT2D eigenvalue weighted by Crippen LogP contribution is 2.38. The fourth-order valence-corrected chi connectivity index (χ4v) is 3.56. The number of halogens is 7. The molecule has 7 nitrogen and oxygen atoms in total. The zero-order chi connectivity index (χ0) is 21.3. The van der Waals surface area contributed by atoms with Crippen LogP contribution >= 0.6 is 12.4 Å². The summed E-state index contributed by atoms with van der Waals surface area (Å²) in [5.74, 6) is -5.51. The van der Waals surface area contributed by atoms with Crippen LogP contribution in [0.2, 0.25) is 0 Å². The van der Waals surface area contributed by atoms with Gasteiger partial charge in [0.1, 0.15) is 6.61 Å². The molecule has 4 atom stereocenters. The number of Topliss-reactive ketones (excluding diaryl/α,β-unsaturated/α-hetero) is 1. The Bertz CT molecular complexity index is 630. The third-order valence-corrected chi connectivity index (χ3v) is 4.95. The largest absolute Gasteiger partial charge is 0.522 e. The van der Waals surface area contributed by atoms with Crippen LogP contribution in [0.15, 0.2) is 0 Å². The van der Waals surface area contributed by atoms with Crippen molar-refractivity contribution >= 4 is 30.0 Å². The molecule has 2 rings (SSSR count). The molecule has 3 N–H and O–H groups in total. The molecule has 0 aromatic rings. The fourth-order valence-electron chi connectivity index (χ4n) is 3.56. The van der Waals surface area contributed by atoms with Gasteiger partial charge in [-0.05, 0) is 19.3 Å². The van der Waals surface area contributed by atoms with Crippen LogP contribution in [0.1, 0.15) is 19.3 Å². The lowest BCUT2D eigenvalue weighted by Crippen LogP contribution is -2.51. The van der Waals surface area contributed by atoms with E-state index in [-0.39, 0.29) is 31.8 Å². The predicted octanol–water partition coefficient (Wildman–Crippen LogP) is 1.15. The van der Waals surface area contributed by atoms with E-state index in [1.165, 1.54) is 0 Å². The number of ether oxygens (including phenoxy) is 1. The Hall–Kier alpha value is -1.60. The van der Waals surface area contributed by atoms with Gasteiger partial charge in [-0.2, -0.15) is 13.2 Å². The van der Waals surface area contributed by atoms with Crippen LogP contribution < -0.4 is 11.1 Å². The maximum Gasteiger partial charge on any atom is 0.522 e. The number of nitrogens with two attached hydrogens (primary N) is 1. The monoisotopic (exact) mass is 455 g/mol. The van der Waals surface area contributed by atoms with Crippen molar-refractivity contribution in [3.05, 3.63) is 0 Å². The summed E-state index contributed by atoms with van der Waals surface area (Å²) in [7, 11) is 0. The van der Waals surface area contributed by atoms with E-state index in [0.29, 0.717) is 0 Å². The topological polar surface area (TPSA) is 102 Å². The number of alkyl halides is 6. The Kier molecular flexibility index (Phi) is 8.31. The molecule has 0 aliphatic carbocycles. The second-order valence-electron chi connectivity index (χ2n) is 6.82. The van der Waals surface area contributed by atoms with E-state index in [1.807, 2.05) is 0 Å². The van der Waals surface area contributed by atoms with Crippen molar-refractivity contribution in [2.24, 2.45) is 17.6 Å². The summed E-state index contributed by atoms with van der Waals surface area (Å²) < 4.78 is 79.6. The molecule has 2 amide bonds. The first kappa shape index (κ1) is 25.4. The van der Waals surface area contributed by atoms with Crippen molar-refractivity contribution in [3.63, 3.8) is 0 Å². The van der Waals surface area contributed by atoms with E-state index in [9.17, 15) is 40.7 Å². The normalized spacial score (nSPS) is 26.7. The number of hydrogen-bond donors (Lipinski definition) is 2. The van der Waals surface area contributed by atoms with E-state index in [4.69, 9.17) is 5.73 Å². The Balaban J connectivity index is 0.00000420. The SMILES string of the molecule is Cl.NC(=O)C1CC(C(F)(F)F)CN1[C@@H](C[C@@H]1CCNC1=O)C(=O)COC(F)(F)F. The molecule has 0 bridgehead atoms. The van der Waals surface area contributed by atoms with Crippen LogP contribution in [0.25, 0.3) is 0 Å². The molecule has 2 heterocycles. The van der Waals surface area contributed by atoms with Crippen molar-refractivity contribution < 1.29 is 45.5 Å². The van der Waals surface area contributed by atoms with E-state index < -0.39 is 73.6 Å². The molecule has 0 aromatic carbocycles. The van der Waals surface area contributed by atoms with Gasteiger partial charge in [0.2, 0.25) is 11.8 Å². The molecule has 0 aromatic heterocycles. The summed E-state index contributed by atoms with van der Waals surface area (Å²) in [6.07, 6.45) is -10.6. The van der Waals surface area contributed by atoms with Crippen LogP contribution in [0.5, 0.6) is 0 Å². The molecule has 0 radical (unpaired) electrons. The number of amides is 2. The lowest BCUT2D eigenvalue weighted by Gasteiger charge is -2.32. The Morgan fingerprint density at radius 3 is 2.31 bits per heavy atom. The zero-order valence-electron chi connectivity index (χ0n) is 14.9. The van der Waals surface area contributed by atoms with E-state index in [2.05, 4.69) is 10.1 Å². The van der Waals surface area contributed by atoms with Crippen molar-refractivity contribution in [1.82, 2.24) is 10.2 Å². The number of nitrogens with zero attached hydrogens (tertiary/aromatic N) is 1. The molecule has 168 valence electrons. The molecule has 0 saturated carbocycles. The van der Waals surface area contributed by atoms with Gasteiger partial charge in [-0.3, -0.25) is 24.0 Å². The van der Waals surface area contributed by atoms with Gasteiger partial charge in [0, 0.05) is 19.0 Å². The third-order valence-electron chi connectivity index (χ3n) is 4.95. The first-order valence-corrected chi connectivity index (χ1v) is 8.42. The molecule has 29 heavy (non-hydrogen) atoms. The van der Waals surface area contributed by atoms with Crippen LogP contribution in [-0.2, 0) is 19.1 Å². The molecule has 2 unspecified atom stereocenters. The number of primary amides is 1. The number of likely N-dealkylation sites (tertiary alicyclic amines) is 1. The molecular formula is C15H20ClF6N3O4. The van der Waals surface area contributed by atoms with Crippen LogP contribution in [0, 0.1) is 11.8 Å². The molecular weight excluding hydrogens is 436 g/mol. The van der Waals surface area contributed by atoms with Crippen LogP contribution in [-0.4, -0.2) is 66.8 Å². The van der Waals surface area contributed by atoms with E-state index in [1.54, 1.807) is 0 Å². The summed E-state index contributed by atoms with van der Waals surface area (Å²) in [6.45, 7) is -1.96. The number of rotatable bonds is 7. The number of carbonyl (C=O) groups is 3. The van der Waals surface area contributed by atoms with Gasteiger partial charge in [0.25, 0.3) is 0 Å². The highest BCUT2D eigenvalue weighted by molar-refractivity contribution is 5.88. The van der Waals surface area contributed by atoms with Gasteiger partial charge in [-0.15, -0.1) is 25.6 Å². The van der Waals surface area contributed by atoms with E-state index >= 15 is 0 Å². The van der Waals surface area contributed by atoms with Gasteiger partial charge in [0.05, 0.1) is 18.0 Å². The minimum Gasteiger partial charge on any atom is -0.368 e. The summed E-state index contributed by atoms with van der Waals surface area (Å²) in [5.41, 5.74) is 5.16. The summed E-state index contributed by atoms with van der Waals surface area (Å²) in [5, 5.41) is 2.48. The van der Waals surface area contributed by atoms with Gasteiger partial charge >= 0.3 is 12.5 Å². The number of carbonyl (C=O) groups excluding carboxylic acids is 3. The average molecular weight is 456 g/mol. The average Bonchev–Trinajstić information content (AvgIpc) is 3.15. The highest BCUT2D eigenvalue weighted by atomic mass is 35.5. The first-order chi connectivity index (χ1) is 12.8. The fraction of sp³-hybridized carbons (Fsp3) is 0.800. The lowest BCUT2D eigenvalue weighted by molar-refractivity contribution is -0.321.